The molecule has 2 aromatic carbocycles. The summed E-state index contributed by atoms with van der Waals surface area (Å²) in [6.07, 6.45) is 0.992. The van der Waals surface area contributed by atoms with E-state index in [9.17, 15) is 19.2 Å². The van der Waals surface area contributed by atoms with E-state index in [2.05, 4.69) is 14.9 Å². The van der Waals surface area contributed by atoms with Crippen LogP contribution >= 0.6 is 11.8 Å². The Bertz CT molecular complexity index is 1200. The van der Waals surface area contributed by atoms with E-state index in [-0.39, 0.29) is 30.1 Å². The fourth-order valence-corrected chi connectivity index (χ4v) is 4.98. The zero-order valence-corrected chi connectivity index (χ0v) is 23.3. The van der Waals surface area contributed by atoms with Crippen molar-refractivity contribution in [2.24, 2.45) is 5.16 Å². The molecule has 9 nitrogen and oxygen atoms in total. The summed E-state index contributed by atoms with van der Waals surface area (Å²) in [7, 11) is 0. The monoisotopic (exact) mass is 554 g/mol. The van der Waals surface area contributed by atoms with Crippen LogP contribution in [0.2, 0.25) is 0 Å². The molecule has 1 aliphatic rings. The van der Waals surface area contributed by atoms with Crippen LogP contribution < -0.4 is 0 Å². The van der Waals surface area contributed by atoms with Crippen molar-refractivity contribution in [2.75, 3.05) is 26.3 Å². The highest BCUT2D eigenvalue weighted by Gasteiger charge is 2.35. The minimum absolute atomic E-state index is 0.0122. The van der Waals surface area contributed by atoms with Gasteiger partial charge in [-0.15, -0.1) is 0 Å². The number of ether oxygens (including phenoxy) is 1. The van der Waals surface area contributed by atoms with Crippen molar-refractivity contribution in [1.82, 2.24) is 4.90 Å². The van der Waals surface area contributed by atoms with E-state index in [1.165, 1.54) is 18.7 Å². The number of rotatable bonds is 13. The molecule has 0 radical (unpaired) electrons. The average Bonchev–Trinajstić information content (AvgIpc) is 2.93. The van der Waals surface area contributed by atoms with Gasteiger partial charge in [0.05, 0.1) is 18.8 Å². The highest BCUT2D eigenvalue weighted by atomic mass is 32.2. The summed E-state index contributed by atoms with van der Waals surface area (Å²) >= 11 is 1.50. The zero-order valence-electron chi connectivity index (χ0n) is 22.5. The SMILES string of the molecule is CC(=O)O/N=C(\CCCCC(=O)O)C(=O)c1ccc(Sc2ccc(C(=O)C(C)(C)N3CCOCC3)cc2)cc1. The van der Waals surface area contributed by atoms with E-state index in [0.29, 0.717) is 37.2 Å². The number of morpholine rings is 1. The highest BCUT2D eigenvalue weighted by molar-refractivity contribution is 7.99. The zero-order chi connectivity index (χ0) is 28.4. The standard InChI is InChI=1S/C29H34N2O7S/c1-20(32)38-30-25(6-4-5-7-26(33)34)27(35)21-8-12-23(13-9-21)39-24-14-10-22(11-15-24)28(36)29(2,3)31-16-18-37-19-17-31/h8-15H,4-7,16-19H2,1-3H3,(H,33,34)/b30-25+. The van der Waals surface area contributed by atoms with E-state index in [4.69, 9.17) is 9.84 Å². The lowest BCUT2D eigenvalue weighted by Gasteiger charge is -2.39. The van der Waals surface area contributed by atoms with Crippen LogP contribution in [0.4, 0.5) is 0 Å². The summed E-state index contributed by atoms with van der Waals surface area (Å²) in [5.74, 6) is -1.87. The normalized spacial score (nSPS) is 14.6. The molecule has 2 aromatic rings. The number of carbonyl (C=O) groups is 4. The maximum absolute atomic E-state index is 13.2. The number of carboxylic acid groups (broad SMARTS) is 1. The van der Waals surface area contributed by atoms with Crippen molar-refractivity contribution in [3.8, 4) is 0 Å². The molecule has 0 atom stereocenters. The Morgan fingerprint density at radius 1 is 0.923 bits per heavy atom. The predicted octanol–water partition coefficient (Wildman–Crippen LogP) is 4.88. The first kappa shape index (κ1) is 30.2. The number of hydrogen-bond acceptors (Lipinski definition) is 9. The quantitative estimate of drug-likeness (QED) is 0.121. The molecule has 1 fully saturated rings. The number of carbonyl (C=O) groups excluding carboxylic acids is 3. The Balaban J connectivity index is 1.63. The molecule has 1 saturated heterocycles. The number of nitrogens with zero attached hydrogens (tertiary/aromatic N) is 2. The smallest absolute Gasteiger partial charge is 0.331 e. The first-order valence-electron chi connectivity index (χ1n) is 12.8. The van der Waals surface area contributed by atoms with Gasteiger partial charge in [-0.1, -0.05) is 29.1 Å². The minimum atomic E-state index is -0.911. The molecule has 0 aliphatic carbocycles. The third-order valence-electron chi connectivity index (χ3n) is 6.43. The van der Waals surface area contributed by atoms with E-state index in [1.807, 2.05) is 50.2 Å². The second-order valence-electron chi connectivity index (χ2n) is 9.69. The lowest BCUT2D eigenvalue weighted by atomic mass is 9.91. The summed E-state index contributed by atoms with van der Waals surface area (Å²) in [5.41, 5.74) is 0.486. The summed E-state index contributed by atoms with van der Waals surface area (Å²) < 4.78 is 5.42. The van der Waals surface area contributed by atoms with Crippen LogP contribution in [0.1, 0.15) is 67.2 Å². The molecule has 39 heavy (non-hydrogen) atoms. The molecule has 10 heteroatoms. The van der Waals surface area contributed by atoms with Crippen LogP contribution in [0.25, 0.3) is 0 Å². The van der Waals surface area contributed by atoms with Gasteiger partial charge in [0.15, 0.2) is 5.78 Å². The van der Waals surface area contributed by atoms with Crippen LogP contribution in [0, 0.1) is 0 Å². The summed E-state index contributed by atoms with van der Waals surface area (Å²) in [6, 6.07) is 14.5. The van der Waals surface area contributed by atoms with Crippen LogP contribution in [0.15, 0.2) is 63.5 Å². The van der Waals surface area contributed by atoms with Gasteiger partial charge in [0.2, 0.25) is 5.78 Å². The second kappa shape index (κ2) is 14.2. The van der Waals surface area contributed by atoms with Crippen molar-refractivity contribution < 1.29 is 33.9 Å². The highest BCUT2D eigenvalue weighted by Crippen LogP contribution is 2.29. The maximum Gasteiger partial charge on any atom is 0.331 e. The van der Waals surface area contributed by atoms with Gasteiger partial charge in [0.25, 0.3) is 0 Å². The Morgan fingerprint density at radius 2 is 1.46 bits per heavy atom. The molecule has 1 aliphatic heterocycles. The number of ketones is 2. The van der Waals surface area contributed by atoms with Crippen LogP contribution in [0.3, 0.4) is 0 Å². The van der Waals surface area contributed by atoms with E-state index in [0.717, 1.165) is 22.9 Å². The third kappa shape index (κ3) is 8.84. The maximum atomic E-state index is 13.2. The molecule has 0 aromatic heterocycles. The average molecular weight is 555 g/mol. The fourth-order valence-electron chi connectivity index (χ4n) is 4.16. The number of carboxylic acids is 1. The molecule has 208 valence electrons. The molecule has 1 N–H and O–H groups in total. The lowest BCUT2D eigenvalue weighted by Crippen LogP contribution is -2.54. The number of hydrogen-bond donors (Lipinski definition) is 1. The molecule has 0 unspecified atom stereocenters. The van der Waals surface area contributed by atoms with Crippen molar-refractivity contribution in [2.45, 2.75) is 61.8 Å². The van der Waals surface area contributed by atoms with Crippen molar-refractivity contribution in [3.05, 3.63) is 59.7 Å². The topological polar surface area (TPSA) is 123 Å². The van der Waals surface area contributed by atoms with Crippen molar-refractivity contribution in [3.63, 3.8) is 0 Å². The molecule has 1 heterocycles. The first-order valence-corrected chi connectivity index (χ1v) is 13.7. The first-order chi connectivity index (χ1) is 18.6. The van der Waals surface area contributed by atoms with Crippen LogP contribution in [-0.4, -0.2) is 71.1 Å². The van der Waals surface area contributed by atoms with Gasteiger partial charge in [-0.3, -0.25) is 19.3 Å². The van der Waals surface area contributed by atoms with Gasteiger partial charge in [-0.05, 0) is 69.5 Å². The number of benzene rings is 2. The van der Waals surface area contributed by atoms with Gasteiger partial charge >= 0.3 is 11.9 Å². The Kier molecular flexibility index (Phi) is 11.0. The Labute approximate surface area is 232 Å². The molecule has 0 amide bonds. The van der Waals surface area contributed by atoms with Gasteiger partial charge in [-0.25, -0.2) is 4.79 Å². The lowest BCUT2D eigenvalue weighted by molar-refractivity contribution is -0.141. The Morgan fingerprint density at radius 3 is 2.00 bits per heavy atom. The van der Waals surface area contributed by atoms with Gasteiger partial charge < -0.3 is 14.7 Å². The Hall–Kier alpha value is -3.34. The van der Waals surface area contributed by atoms with Crippen molar-refractivity contribution >= 4 is 41.0 Å². The van der Waals surface area contributed by atoms with Gasteiger partial charge in [0, 0.05) is 47.4 Å². The number of aliphatic carboxylic acids is 1. The number of Topliss-reactive ketones (excluding diaryl/α,β-unsaturated/α-hetero) is 2. The molecular formula is C29H34N2O7S. The van der Waals surface area contributed by atoms with E-state index >= 15 is 0 Å². The fraction of sp³-hybridized carbons (Fsp3) is 0.414. The predicted molar refractivity (Wildman–Crippen MR) is 147 cm³/mol. The number of oxime groups is 1. The molecule has 0 saturated carbocycles. The third-order valence-corrected chi connectivity index (χ3v) is 7.44. The molecule has 0 bridgehead atoms. The van der Waals surface area contributed by atoms with E-state index < -0.39 is 17.5 Å². The number of unbranched alkanes of at least 4 members (excludes halogenated alkanes) is 1. The summed E-state index contributed by atoms with van der Waals surface area (Å²) in [5, 5.41) is 12.5. The molecule has 3 rings (SSSR count). The summed E-state index contributed by atoms with van der Waals surface area (Å²) in [6.45, 7) is 7.80. The summed E-state index contributed by atoms with van der Waals surface area (Å²) in [4.78, 5) is 56.8. The molecular weight excluding hydrogens is 520 g/mol. The van der Waals surface area contributed by atoms with Gasteiger partial charge in [0.1, 0.15) is 5.71 Å². The van der Waals surface area contributed by atoms with Gasteiger partial charge in [-0.2, -0.15) is 0 Å². The largest absolute Gasteiger partial charge is 0.481 e. The second-order valence-corrected chi connectivity index (χ2v) is 10.8. The van der Waals surface area contributed by atoms with E-state index in [1.54, 1.807) is 12.1 Å². The molecule has 0 spiro atoms. The minimum Gasteiger partial charge on any atom is -0.481 e. The van der Waals surface area contributed by atoms with Crippen molar-refractivity contribution in [1.29, 1.82) is 0 Å². The van der Waals surface area contributed by atoms with Crippen LogP contribution in [0.5, 0.6) is 0 Å². The van der Waals surface area contributed by atoms with Crippen LogP contribution in [-0.2, 0) is 19.2 Å².